The van der Waals surface area contributed by atoms with Crippen LogP contribution < -0.4 is 4.74 Å². The van der Waals surface area contributed by atoms with Crippen LogP contribution in [0.25, 0.3) is 0 Å². The Labute approximate surface area is 131 Å². The summed E-state index contributed by atoms with van der Waals surface area (Å²) in [6.07, 6.45) is 1.42. The molecular formula is C16H11N3O4. The summed E-state index contributed by atoms with van der Waals surface area (Å²) in [6.45, 7) is 0.145. The van der Waals surface area contributed by atoms with E-state index in [-0.39, 0.29) is 13.2 Å². The Morgan fingerprint density at radius 2 is 1.74 bits per heavy atom. The molecule has 1 aliphatic rings. The number of pyridine rings is 1. The number of imide groups is 1. The van der Waals surface area contributed by atoms with Crippen LogP contribution in [-0.2, 0) is 4.84 Å². The lowest BCUT2D eigenvalue weighted by atomic mass is 10.1. The molecule has 2 heterocycles. The molecule has 114 valence electrons. The Balaban J connectivity index is 1.53. The molecule has 0 unspecified atom stereocenters. The van der Waals surface area contributed by atoms with Crippen LogP contribution >= 0.6 is 0 Å². The maximum Gasteiger partial charge on any atom is 0.285 e. The minimum Gasteiger partial charge on any atom is -0.489 e. The largest absolute Gasteiger partial charge is 0.489 e. The smallest absolute Gasteiger partial charge is 0.285 e. The van der Waals surface area contributed by atoms with Crippen LogP contribution in [0.4, 0.5) is 0 Å². The van der Waals surface area contributed by atoms with Crippen molar-refractivity contribution in [1.29, 1.82) is 5.26 Å². The fourth-order valence-electron chi connectivity index (χ4n) is 2.10. The van der Waals surface area contributed by atoms with Gasteiger partial charge in [0.05, 0.1) is 17.3 Å². The molecule has 23 heavy (non-hydrogen) atoms. The van der Waals surface area contributed by atoms with Crippen molar-refractivity contribution in [3.05, 3.63) is 59.4 Å². The second kappa shape index (κ2) is 6.25. The summed E-state index contributed by atoms with van der Waals surface area (Å²) in [5.41, 5.74) is 0.948. The second-order valence-corrected chi connectivity index (χ2v) is 4.62. The standard InChI is InChI=1S/C16H11N3O4/c17-9-11-5-6-12(10-18-11)22-7-8-23-19-15(20)13-3-1-2-4-14(13)16(19)21/h1-6,10H,7-8H2. The lowest BCUT2D eigenvalue weighted by Gasteiger charge is -2.13. The third-order valence-electron chi connectivity index (χ3n) is 3.18. The molecule has 7 nitrogen and oxygen atoms in total. The average molecular weight is 309 g/mol. The first-order valence-corrected chi connectivity index (χ1v) is 6.80. The fraction of sp³-hybridized carbons (Fsp3) is 0.125. The van der Waals surface area contributed by atoms with Crippen LogP contribution in [0.3, 0.4) is 0 Å². The van der Waals surface area contributed by atoms with Gasteiger partial charge in [-0.15, -0.1) is 5.06 Å². The zero-order chi connectivity index (χ0) is 16.2. The fourth-order valence-corrected chi connectivity index (χ4v) is 2.10. The Kier molecular flexibility index (Phi) is 3.99. The maximum absolute atomic E-state index is 12.0. The van der Waals surface area contributed by atoms with Crippen molar-refractivity contribution < 1.29 is 19.2 Å². The molecule has 0 spiro atoms. The van der Waals surface area contributed by atoms with E-state index >= 15 is 0 Å². The van der Waals surface area contributed by atoms with Gasteiger partial charge in [0.25, 0.3) is 11.8 Å². The van der Waals surface area contributed by atoms with Crippen molar-refractivity contribution in [2.75, 3.05) is 13.2 Å². The number of carbonyl (C=O) groups excluding carboxylic acids is 2. The summed E-state index contributed by atoms with van der Waals surface area (Å²) in [5, 5.41) is 9.39. The molecule has 0 atom stereocenters. The van der Waals surface area contributed by atoms with Gasteiger partial charge in [-0.3, -0.25) is 14.4 Å². The molecule has 0 aliphatic carbocycles. The van der Waals surface area contributed by atoms with Gasteiger partial charge in [0.2, 0.25) is 0 Å². The minimum atomic E-state index is -0.481. The summed E-state index contributed by atoms with van der Waals surface area (Å²) in [6, 6.07) is 11.6. The van der Waals surface area contributed by atoms with E-state index in [4.69, 9.17) is 14.8 Å². The van der Waals surface area contributed by atoms with Crippen LogP contribution in [0.1, 0.15) is 26.4 Å². The monoisotopic (exact) mass is 309 g/mol. The first-order valence-electron chi connectivity index (χ1n) is 6.80. The van der Waals surface area contributed by atoms with E-state index in [1.54, 1.807) is 30.3 Å². The number of hydroxylamine groups is 2. The Bertz CT molecular complexity index is 761. The highest BCUT2D eigenvalue weighted by Crippen LogP contribution is 2.22. The molecule has 2 amide bonds. The second-order valence-electron chi connectivity index (χ2n) is 4.62. The quantitative estimate of drug-likeness (QED) is 0.614. The average Bonchev–Trinajstić information content (AvgIpc) is 2.84. The number of hydrogen-bond acceptors (Lipinski definition) is 6. The third-order valence-corrected chi connectivity index (χ3v) is 3.18. The molecule has 2 aromatic rings. The van der Waals surface area contributed by atoms with Crippen LogP contribution in [-0.4, -0.2) is 35.1 Å². The van der Waals surface area contributed by atoms with E-state index in [1.807, 2.05) is 6.07 Å². The van der Waals surface area contributed by atoms with Crippen LogP contribution in [0.2, 0.25) is 0 Å². The number of nitriles is 1. The van der Waals surface area contributed by atoms with E-state index in [2.05, 4.69) is 4.98 Å². The van der Waals surface area contributed by atoms with E-state index in [0.717, 1.165) is 5.06 Å². The van der Waals surface area contributed by atoms with Crippen molar-refractivity contribution in [1.82, 2.24) is 10.0 Å². The van der Waals surface area contributed by atoms with Crippen LogP contribution in [0.15, 0.2) is 42.6 Å². The van der Waals surface area contributed by atoms with E-state index in [0.29, 0.717) is 22.6 Å². The highest BCUT2D eigenvalue weighted by molar-refractivity contribution is 6.20. The highest BCUT2D eigenvalue weighted by atomic mass is 16.7. The topological polar surface area (TPSA) is 92.5 Å². The molecule has 0 saturated carbocycles. The molecule has 0 bridgehead atoms. The lowest BCUT2D eigenvalue weighted by Crippen LogP contribution is -2.31. The molecule has 1 aromatic carbocycles. The van der Waals surface area contributed by atoms with Gasteiger partial charge in [-0.05, 0) is 24.3 Å². The van der Waals surface area contributed by atoms with Gasteiger partial charge >= 0.3 is 0 Å². The number of nitrogens with zero attached hydrogens (tertiary/aromatic N) is 3. The third kappa shape index (κ3) is 2.88. The maximum atomic E-state index is 12.0. The summed E-state index contributed by atoms with van der Waals surface area (Å²) in [5.74, 6) is -0.494. The molecule has 1 aromatic heterocycles. The number of aromatic nitrogens is 1. The molecule has 1 aliphatic heterocycles. The van der Waals surface area contributed by atoms with Crippen molar-refractivity contribution in [3.8, 4) is 11.8 Å². The van der Waals surface area contributed by atoms with Crippen molar-refractivity contribution in [2.24, 2.45) is 0 Å². The van der Waals surface area contributed by atoms with Gasteiger partial charge in [0.15, 0.2) is 0 Å². The lowest BCUT2D eigenvalue weighted by molar-refractivity contribution is -0.0976. The summed E-state index contributed by atoms with van der Waals surface area (Å²) in [7, 11) is 0. The number of carbonyl (C=O) groups is 2. The SMILES string of the molecule is N#Cc1ccc(OCCON2C(=O)c3ccccc3C2=O)cn1. The van der Waals surface area contributed by atoms with E-state index in [1.165, 1.54) is 12.3 Å². The van der Waals surface area contributed by atoms with Gasteiger partial charge in [0.1, 0.15) is 30.7 Å². The van der Waals surface area contributed by atoms with Crippen molar-refractivity contribution >= 4 is 11.8 Å². The van der Waals surface area contributed by atoms with Gasteiger partial charge in [-0.2, -0.15) is 5.26 Å². The number of hydrogen-bond donors (Lipinski definition) is 0. The number of fused-ring (bicyclic) bond motifs is 1. The molecule has 0 fully saturated rings. The minimum absolute atomic E-state index is 0.0193. The summed E-state index contributed by atoms with van der Waals surface area (Å²) < 4.78 is 5.37. The molecule has 0 radical (unpaired) electrons. The normalized spacial score (nSPS) is 12.9. The van der Waals surface area contributed by atoms with E-state index < -0.39 is 11.8 Å². The van der Waals surface area contributed by atoms with Gasteiger partial charge in [-0.1, -0.05) is 12.1 Å². The zero-order valence-electron chi connectivity index (χ0n) is 11.9. The predicted molar refractivity (Wildman–Crippen MR) is 77.3 cm³/mol. The zero-order valence-corrected chi connectivity index (χ0v) is 11.9. The number of benzene rings is 1. The van der Waals surface area contributed by atoms with Crippen molar-refractivity contribution in [3.63, 3.8) is 0 Å². The van der Waals surface area contributed by atoms with Crippen LogP contribution in [0.5, 0.6) is 5.75 Å². The summed E-state index contributed by atoms with van der Waals surface area (Å²) in [4.78, 5) is 33.2. The molecular weight excluding hydrogens is 298 g/mol. The molecule has 0 N–H and O–H groups in total. The highest BCUT2D eigenvalue weighted by Gasteiger charge is 2.36. The van der Waals surface area contributed by atoms with Gasteiger partial charge in [0, 0.05) is 0 Å². The van der Waals surface area contributed by atoms with Gasteiger partial charge < -0.3 is 4.74 Å². The van der Waals surface area contributed by atoms with Crippen LogP contribution in [0, 0.1) is 11.3 Å². The molecule has 0 saturated heterocycles. The predicted octanol–water partition coefficient (Wildman–Crippen LogP) is 1.56. The van der Waals surface area contributed by atoms with E-state index in [9.17, 15) is 9.59 Å². The first-order chi connectivity index (χ1) is 11.2. The van der Waals surface area contributed by atoms with Crippen molar-refractivity contribution in [2.45, 2.75) is 0 Å². The molecule has 3 rings (SSSR count). The Hall–Kier alpha value is -3.24. The Morgan fingerprint density at radius 3 is 2.30 bits per heavy atom. The summed E-state index contributed by atoms with van der Waals surface area (Å²) >= 11 is 0. The number of amides is 2. The first kappa shape index (κ1) is 14.7. The molecule has 7 heteroatoms. The number of ether oxygens (including phenoxy) is 1. The Morgan fingerprint density at radius 1 is 1.04 bits per heavy atom. The number of rotatable bonds is 5. The van der Waals surface area contributed by atoms with Gasteiger partial charge in [-0.25, -0.2) is 4.98 Å².